The van der Waals surface area contributed by atoms with Crippen molar-refractivity contribution in [3.05, 3.63) is 53.4 Å². The molecule has 0 bridgehead atoms. The molecule has 0 amide bonds. The van der Waals surface area contributed by atoms with E-state index >= 15 is 0 Å². The summed E-state index contributed by atoms with van der Waals surface area (Å²) in [6, 6.07) is 5.12. The van der Waals surface area contributed by atoms with Crippen LogP contribution in [0.15, 0.2) is 57.8 Å². The van der Waals surface area contributed by atoms with Gasteiger partial charge in [0.25, 0.3) is 0 Å². The van der Waals surface area contributed by atoms with E-state index in [0.717, 1.165) is 30.7 Å². The van der Waals surface area contributed by atoms with Gasteiger partial charge in [0.1, 0.15) is 5.84 Å². The quantitative estimate of drug-likeness (QED) is 0.828. The van der Waals surface area contributed by atoms with E-state index in [9.17, 15) is 13.2 Å². The van der Waals surface area contributed by atoms with Crippen LogP contribution in [-0.4, -0.2) is 11.7 Å². The molecular formula is C18H19F3N4. The van der Waals surface area contributed by atoms with E-state index in [-0.39, 0.29) is 5.92 Å². The fraction of sp³-hybridized carbons (Fsp3) is 0.333. The average molecular weight is 348 g/mol. The van der Waals surface area contributed by atoms with Gasteiger partial charge in [-0.3, -0.25) is 0 Å². The first kappa shape index (κ1) is 17.3. The molecule has 2 aliphatic heterocycles. The van der Waals surface area contributed by atoms with Crippen LogP contribution in [0.5, 0.6) is 0 Å². The van der Waals surface area contributed by atoms with Crippen LogP contribution < -0.4 is 11.1 Å². The number of allylic oxidation sites excluding steroid dienone is 3. The van der Waals surface area contributed by atoms with Crippen LogP contribution in [0.2, 0.25) is 0 Å². The highest BCUT2D eigenvalue weighted by Crippen LogP contribution is 2.32. The van der Waals surface area contributed by atoms with Crippen molar-refractivity contribution in [3.8, 4) is 0 Å². The molecule has 0 aliphatic carbocycles. The molecule has 7 heteroatoms. The third-order valence-corrected chi connectivity index (χ3v) is 4.31. The predicted molar refractivity (Wildman–Crippen MR) is 93.3 cm³/mol. The number of aliphatic imine (C=N–C) groups is 2. The molecule has 2 aliphatic rings. The summed E-state index contributed by atoms with van der Waals surface area (Å²) in [6.07, 6.45) is 1.47. The van der Waals surface area contributed by atoms with Crippen molar-refractivity contribution < 1.29 is 13.2 Å². The second kappa shape index (κ2) is 6.74. The molecule has 0 fully saturated rings. The second-order valence-corrected chi connectivity index (χ2v) is 6.15. The number of alkyl halides is 3. The number of hydrogen-bond acceptors (Lipinski definition) is 4. The number of amidine groups is 2. The lowest BCUT2D eigenvalue weighted by Gasteiger charge is -2.25. The van der Waals surface area contributed by atoms with Gasteiger partial charge in [0.15, 0.2) is 0 Å². The molecule has 1 atom stereocenters. The first-order chi connectivity index (χ1) is 11.8. The van der Waals surface area contributed by atoms with Gasteiger partial charge in [-0.05, 0) is 37.1 Å². The minimum atomic E-state index is -4.36. The van der Waals surface area contributed by atoms with Crippen molar-refractivity contribution in [1.82, 2.24) is 0 Å². The second-order valence-electron chi connectivity index (χ2n) is 6.15. The van der Waals surface area contributed by atoms with Gasteiger partial charge in [0.2, 0.25) is 0 Å². The number of benzene rings is 1. The summed E-state index contributed by atoms with van der Waals surface area (Å²) in [5, 5.41) is 3.00. The minimum absolute atomic E-state index is 0.127. The van der Waals surface area contributed by atoms with E-state index < -0.39 is 11.7 Å². The third-order valence-electron chi connectivity index (χ3n) is 4.31. The Kier molecular flexibility index (Phi) is 4.65. The van der Waals surface area contributed by atoms with Gasteiger partial charge in [-0.2, -0.15) is 13.2 Å². The number of halogens is 3. The van der Waals surface area contributed by atoms with Crippen LogP contribution in [0, 0.1) is 5.92 Å². The number of nitrogens with zero attached hydrogens (tertiary/aromatic N) is 2. The first-order valence-corrected chi connectivity index (χ1v) is 8.03. The van der Waals surface area contributed by atoms with E-state index in [1.807, 2.05) is 13.0 Å². The molecular weight excluding hydrogens is 329 g/mol. The molecule has 132 valence electrons. The van der Waals surface area contributed by atoms with Crippen LogP contribution in [0.25, 0.3) is 0 Å². The normalized spacial score (nSPS) is 21.0. The molecule has 4 nitrogen and oxygen atoms in total. The van der Waals surface area contributed by atoms with Crippen molar-refractivity contribution in [2.45, 2.75) is 32.4 Å². The zero-order valence-corrected chi connectivity index (χ0v) is 13.8. The van der Waals surface area contributed by atoms with Gasteiger partial charge in [-0.25, -0.2) is 9.98 Å². The summed E-state index contributed by atoms with van der Waals surface area (Å²) in [5.74, 6) is 1.40. The molecule has 25 heavy (non-hydrogen) atoms. The molecule has 3 rings (SSSR count). The maximum absolute atomic E-state index is 12.8. The van der Waals surface area contributed by atoms with E-state index in [1.165, 1.54) is 11.6 Å². The van der Waals surface area contributed by atoms with Crippen molar-refractivity contribution in [2.24, 2.45) is 21.6 Å². The highest BCUT2D eigenvalue weighted by molar-refractivity contribution is 5.97. The van der Waals surface area contributed by atoms with Gasteiger partial charge in [-0.15, -0.1) is 0 Å². The predicted octanol–water partition coefficient (Wildman–Crippen LogP) is 4.47. The lowest BCUT2D eigenvalue weighted by molar-refractivity contribution is -0.137. The first-order valence-electron chi connectivity index (χ1n) is 8.03. The standard InChI is InChI=1S/C18H19F3N4/c1-11-15(5-6-16(22)24-11)12-7-8-23-17(9-12)25-14-4-2-3-13(10-14)18(19,20)21/h2-4,7-8,10,12H,5-6,9H2,1H3,(H2,22,24)(H,23,25). The van der Waals surface area contributed by atoms with Gasteiger partial charge < -0.3 is 11.1 Å². The van der Waals surface area contributed by atoms with Crippen molar-refractivity contribution >= 4 is 17.4 Å². The smallest absolute Gasteiger partial charge is 0.387 e. The Labute approximate surface area is 144 Å². The van der Waals surface area contributed by atoms with Gasteiger partial charge in [0, 0.05) is 36.3 Å². The summed E-state index contributed by atoms with van der Waals surface area (Å²) in [6.45, 7) is 1.93. The Morgan fingerprint density at radius 2 is 2.04 bits per heavy atom. The fourth-order valence-corrected chi connectivity index (χ4v) is 3.07. The van der Waals surface area contributed by atoms with Crippen LogP contribution in [0.4, 0.5) is 18.9 Å². The van der Waals surface area contributed by atoms with E-state index in [2.05, 4.69) is 15.3 Å². The zero-order valence-electron chi connectivity index (χ0n) is 13.8. The van der Waals surface area contributed by atoms with Crippen molar-refractivity contribution in [2.75, 3.05) is 5.32 Å². The van der Waals surface area contributed by atoms with Crippen molar-refractivity contribution in [1.29, 1.82) is 0 Å². The van der Waals surface area contributed by atoms with E-state index in [4.69, 9.17) is 5.73 Å². The highest BCUT2D eigenvalue weighted by atomic mass is 19.4. The van der Waals surface area contributed by atoms with Crippen LogP contribution in [0.3, 0.4) is 0 Å². The highest BCUT2D eigenvalue weighted by Gasteiger charge is 2.30. The Bertz CT molecular complexity index is 788. The Hall–Kier alpha value is -2.57. The third kappa shape index (κ3) is 4.10. The molecule has 1 aromatic carbocycles. The number of rotatable bonds is 2. The van der Waals surface area contributed by atoms with Crippen molar-refractivity contribution in [3.63, 3.8) is 0 Å². The Morgan fingerprint density at radius 1 is 1.24 bits per heavy atom. The van der Waals surface area contributed by atoms with Crippen LogP contribution in [0.1, 0.15) is 31.7 Å². The molecule has 0 saturated carbocycles. The molecule has 0 aromatic heterocycles. The van der Waals surface area contributed by atoms with Gasteiger partial charge in [-0.1, -0.05) is 12.1 Å². The van der Waals surface area contributed by atoms with Gasteiger partial charge >= 0.3 is 6.18 Å². The Morgan fingerprint density at radius 3 is 2.76 bits per heavy atom. The van der Waals surface area contributed by atoms with Gasteiger partial charge in [0.05, 0.1) is 11.4 Å². The molecule has 0 radical (unpaired) electrons. The average Bonchev–Trinajstić information content (AvgIpc) is 2.54. The largest absolute Gasteiger partial charge is 0.416 e. The molecule has 0 saturated heterocycles. The molecule has 1 aromatic rings. The van der Waals surface area contributed by atoms with Crippen LogP contribution in [-0.2, 0) is 6.18 Å². The van der Waals surface area contributed by atoms with E-state index in [0.29, 0.717) is 23.8 Å². The molecule has 3 N–H and O–H groups in total. The minimum Gasteiger partial charge on any atom is -0.387 e. The number of anilines is 1. The topological polar surface area (TPSA) is 62.8 Å². The number of nitrogens with one attached hydrogen (secondary N) is 1. The zero-order chi connectivity index (χ0) is 18.0. The van der Waals surface area contributed by atoms with Crippen LogP contribution >= 0.6 is 0 Å². The summed E-state index contributed by atoms with van der Waals surface area (Å²) in [7, 11) is 0. The number of nitrogens with two attached hydrogens (primary N) is 1. The lowest BCUT2D eigenvalue weighted by atomic mass is 9.87. The maximum atomic E-state index is 12.8. The monoisotopic (exact) mass is 348 g/mol. The summed E-state index contributed by atoms with van der Waals surface area (Å²) in [4.78, 5) is 8.60. The van der Waals surface area contributed by atoms with E-state index in [1.54, 1.807) is 12.3 Å². The molecule has 2 heterocycles. The maximum Gasteiger partial charge on any atom is 0.416 e. The Balaban J connectivity index is 1.74. The summed E-state index contributed by atoms with van der Waals surface area (Å²) >= 11 is 0. The lowest BCUT2D eigenvalue weighted by Crippen LogP contribution is -2.23. The fourth-order valence-electron chi connectivity index (χ4n) is 3.07. The molecule has 0 spiro atoms. The summed E-state index contributed by atoms with van der Waals surface area (Å²) < 4.78 is 38.5. The SMILES string of the molecule is CC1=C(C2C=CN=C(Nc3cccc(C(F)(F)F)c3)C2)CCC(N)=N1. The number of hydrogen-bond donors (Lipinski definition) is 2. The molecule has 1 unspecified atom stereocenters. The summed E-state index contributed by atoms with van der Waals surface area (Å²) in [5.41, 5.74) is 7.57.